The van der Waals surface area contributed by atoms with E-state index in [1.165, 1.54) is 11.1 Å². The molecule has 0 aliphatic carbocycles. The summed E-state index contributed by atoms with van der Waals surface area (Å²) in [6.45, 7) is 0. The van der Waals surface area contributed by atoms with Crippen molar-refractivity contribution in [3.63, 3.8) is 0 Å². The van der Waals surface area contributed by atoms with Crippen molar-refractivity contribution >= 4 is 17.4 Å². The molecule has 6 heteroatoms. The number of aliphatic hydroxyl groups excluding tert-OH is 1. The molecular weight excluding hydrogens is 292 g/mol. The van der Waals surface area contributed by atoms with E-state index in [2.05, 4.69) is 15.3 Å². The maximum absolute atomic E-state index is 11.8. The second-order valence-electron chi connectivity index (χ2n) is 5.58. The Morgan fingerprint density at radius 2 is 2.09 bits per heavy atom. The summed E-state index contributed by atoms with van der Waals surface area (Å²) in [5.74, 6) is 0.539. The highest BCUT2D eigenvalue weighted by Gasteiger charge is 2.17. The van der Waals surface area contributed by atoms with Gasteiger partial charge in [0.1, 0.15) is 11.5 Å². The molecule has 23 heavy (non-hydrogen) atoms. The molecular formula is C17H18N4O2. The maximum Gasteiger partial charge on any atom is 0.271 e. The van der Waals surface area contributed by atoms with Crippen LogP contribution in [0.15, 0.2) is 47.6 Å². The van der Waals surface area contributed by atoms with Crippen molar-refractivity contribution in [1.29, 1.82) is 0 Å². The molecule has 1 amide bonds. The molecule has 1 aliphatic heterocycles. The first-order valence-electron chi connectivity index (χ1n) is 7.32. The Labute approximate surface area is 134 Å². The number of hydrogen-bond donors (Lipinski definition) is 2. The van der Waals surface area contributed by atoms with Crippen LogP contribution in [0.25, 0.3) is 0 Å². The van der Waals surface area contributed by atoms with Gasteiger partial charge in [0, 0.05) is 38.0 Å². The van der Waals surface area contributed by atoms with E-state index >= 15 is 0 Å². The number of benzene rings is 1. The third kappa shape index (κ3) is 3.22. The van der Waals surface area contributed by atoms with Crippen LogP contribution >= 0.6 is 0 Å². The Kier molecular flexibility index (Phi) is 4.08. The number of hydrogen-bond acceptors (Lipinski definition) is 4. The van der Waals surface area contributed by atoms with Crippen LogP contribution < -0.4 is 5.32 Å². The van der Waals surface area contributed by atoms with Gasteiger partial charge in [0.2, 0.25) is 0 Å². The number of aliphatic imine (C=N–C) groups is 1. The van der Waals surface area contributed by atoms with Gasteiger partial charge in [-0.1, -0.05) is 24.3 Å². The first-order chi connectivity index (χ1) is 11.0. The van der Waals surface area contributed by atoms with Gasteiger partial charge < -0.3 is 15.3 Å². The standard InChI is InChI=1S/C17H18N4O2/c1-21(2)17(23)14-8-7-12(10-18-14)16(22)20-15-9-11-5-3-4-6-13(11)19-15/h3-8,10,16,22H,9H2,1-2H3,(H,19,20). The number of nitrogens with zero attached hydrogens (tertiary/aromatic N) is 3. The molecule has 0 radical (unpaired) electrons. The third-order valence-corrected chi connectivity index (χ3v) is 3.64. The van der Waals surface area contributed by atoms with Crippen molar-refractivity contribution in [3.8, 4) is 0 Å². The molecule has 118 valence electrons. The monoisotopic (exact) mass is 310 g/mol. The summed E-state index contributed by atoms with van der Waals surface area (Å²) in [6, 6.07) is 11.2. The third-order valence-electron chi connectivity index (χ3n) is 3.64. The van der Waals surface area contributed by atoms with E-state index in [1.54, 1.807) is 26.2 Å². The number of amides is 1. The van der Waals surface area contributed by atoms with E-state index in [0.29, 0.717) is 23.5 Å². The first kappa shape index (κ1) is 15.2. The van der Waals surface area contributed by atoms with Gasteiger partial charge in [0.15, 0.2) is 6.23 Å². The van der Waals surface area contributed by atoms with E-state index in [9.17, 15) is 9.90 Å². The number of rotatable bonds is 3. The van der Waals surface area contributed by atoms with E-state index in [1.807, 2.05) is 24.3 Å². The fraction of sp³-hybridized carbons (Fsp3) is 0.235. The summed E-state index contributed by atoms with van der Waals surface area (Å²) in [5, 5.41) is 13.4. The Bertz CT molecular complexity index is 726. The summed E-state index contributed by atoms with van der Waals surface area (Å²) in [6.07, 6.45) is 1.13. The molecule has 6 nitrogen and oxygen atoms in total. The van der Waals surface area contributed by atoms with Crippen LogP contribution in [0.3, 0.4) is 0 Å². The second kappa shape index (κ2) is 6.18. The zero-order valence-corrected chi connectivity index (χ0v) is 13.0. The maximum atomic E-state index is 11.8. The van der Waals surface area contributed by atoms with Crippen molar-refractivity contribution in [1.82, 2.24) is 9.88 Å². The van der Waals surface area contributed by atoms with Crippen LogP contribution in [0.2, 0.25) is 0 Å². The number of fused-ring (bicyclic) bond motifs is 1. The normalized spacial score (nSPS) is 15.9. The molecule has 0 spiro atoms. The quantitative estimate of drug-likeness (QED) is 0.907. The minimum absolute atomic E-state index is 0.176. The highest BCUT2D eigenvalue weighted by Crippen LogP contribution is 2.24. The highest BCUT2D eigenvalue weighted by molar-refractivity contribution is 6.03. The molecule has 2 aromatic rings. The smallest absolute Gasteiger partial charge is 0.271 e. The zero-order chi connectivity index (χ0) is 16.4. The molecule has 1 aromatic heterocycles. The lowest BCUT2D eigenvalue weighted by Gasteiger charge is -2.11. The Morgan fingerprint density at radius 3 is 2.74 bits per heavy atom. The average Bonchev–Trinajstić information content (AvgIpc) is 2.96. The van der Waals surface area contributed by atoms with Gasteiger partial charge in [0.05, 0.1) is 0 Å². The lowest BCUT2D eigenvalue weighted by atomic mass is 10.2. The van der Waals surface area contributed by atoms with Gasteiger partial charge in [0.25, 0.3) is 5.91 Å². The van der Waals surface area contributed by atoms with Crippen molar-refractivity contribution in [2.24, 2.45) is 4.99 Å². The molecule has 0 bridgehead atoms. The number of nitrogens with one attached hydrogen (secondary N) is 1. The van der Waals surface area contributed by atoms with E-state index in [-0.39, 0.29) is 5.91 Å². The second-order valence-corrected chi connectivity index (χ2v) is 5.58. The SMILES string of the molecule is CN(C)C(=O)c1ccc(C(O)N=C2Cc3ccccc3N2)cn1. The van der Waals surface area contributed by atoms with Crippen LogP contribution in [0, 0.1) is 0 Å². The van der Waals surface area contributed by atoms with Crippen LogP contribution in [-0.4, -0.2) is 40.8 Å². The van der Waals surface area contributed by atoms with Crippen LogP contribution in [0.5, 0.6) is 0 Å². The van der Waals surface area contributed by atoms with Gasteiger partial charge in [-0.15, -0.1) is 0 Å². The number of anilines is 1. The molecule has 0 saturated carbocycles. The summed E-state index contributed by atoms with van der Waals surface area (Å²) in [7, 11) is 3.34. The molecule has 1 atom stereocenters. The van der Waals surface area contributed by atoms with Crippen molar-refractivity contribution in [3.05, 3.63) is 59.4 Å². The number of aliphatic hydroxyl groups is 1. The minimum atomic E-state index is -1.01. The van der Waals surface area contributed by atoms with Gasteiger partial charge in [-0.2, -0.15) is 0 Å². The summed E-state index contributed by atoms with van der Waals surface area (Å²) in [5.41, 5.74) is 3.06. The van der Waals surface area contributed by atoms with E-state index in [0.717, 1.165) is 11.3 Å². The number of carbonyl (C=O) groups excluding carboxylic acids is 1. The van der Waals surface area contributed by atoms with Gasteiger partial charge in [-0.05, 0) is 17.7 Å². The lowest BCUT2D eigenvalue weighted by Crippen LogP contribution is -2.22. The summed E-state index contributed by atoms with van der Waals surface area (Å²) < 4.78 is 0. The Balaban J connectivity index is 1.73. The Hall–Kier alpha value is -2.73. The molecule has 2 N–H and O–H groups in total. The van der Waals surface area contributed by atoms with Crippen LogP contribution in [-0.2, 0) is 6.42 Å². The molecule has 3 rings (SSSR count). The first-order valence-corrected chi connectivity index (χ1v) is 7.32. The average molecular weight is 310 g/mol. The number of aromatic nitrogens is 1. The van der Waals surface area contributed by atoms with Crippen molar-refractivity contribution < 1.29 is 9.90 Å². The van der Waals surface area contributed by atoms with Gasteiger partial charge in [-0.25, -0.2) is 4.99 Å². The predicted octanol–water partition coefficient (Wildman–Crippen LogP) is 1.84. The van der Waals surface area contributed by atoms with Crippen LogP contribution in [0.1, 0.15) is 27.8 Å². The van der Waals surface area contributed by atoms with E-state index < -0.39 is 6.23 Å². The Morgan fingerprint density at radius 1 is 1.30 bits per heavy atom. The summed E-state index contributed by atoms with van der Waals surface area (Å²) >= 11 is 0. The molecule has 1 aromatic carbocycles. The number of carbonyl (C=O) groups is 1. The van der Waals surface area contributed by atoms with Gasteiger partial charge in [-0.3, -0.25) is 9.78 Å². The molecule has 2 heterocycles. The number of para-hydroxylation sites is 1. The highest BCUT2D eigenvalue weighted by atomic mass is 16.3. The van der Waals surface area contributed by atoms with Crippen molar-refractivity contribution in [2.75, 3.05) is 19.4 Å². The number of amidine groups is 1. The van der Waals surface area contributed by atoms with Gasteiger partial charge >= 0.3 is 0 Å². The summed E-state index contributed by atoms with van der Waals surface area (Å²) in [4.78, 5) is 21.6. The topological polar surface area (TPSA) is 77.8 Å². The molecule has 0 saturated heterocycles. The fourth-order valence-corrected chi connectivity index (χ4v) is 2.39. The fourth-order valence-electron chi connectivity index (χ4n) is 2.39. The number of pyridine rings is 1. The minimum Gasteiger partial charge on any atom is -0.368 e. The molecule has 1 unspecified atom stereocenters. The lowest BCUT2D eigenvalue weighted by molar-refractivity contribution is 0.0821. The molecule has 0 fully saturated rings. The largest absolute Gasteiger partial charge is 0.368 e. The molecule has 1 aliphatic rings. The zero-order valence-electron chi connectivity index (χ0n) is 13.0. The van der Waals surface area contributed by atoms with Crippen LogP contribution in [0.4, 0.5) is 5.69 Å². The predicted molar refractivity (Wildman–Crippen MR) is 88.4 cm³/mol. The van der Waals surface area contributed by atoms with Crippen molar-refractivity contribution in [2.45, 2.75) is 12.6 Å². The van der Waals surface area contributed by atoms with E-state index in [4.69, 9.17) is 0 Å².